The minimum absolute atomic E-state index is 0.00586. The van der Waals surface area contributed by atoms with Crippen molar-refractivity contribution in [2.45, 2.75) is 10.8 Å². The zero-order valence-electron chi connectivity index (χ0n) is 15.5. The number of aromatic nitrogens is 1. The highest BCUT2D eigenvalue weighted by molar-refractivity contribution is 7.91. The summed E-state index contributed by atoms with van der Waals surface area (Å²) < 4.78 is 26.3. The number of nitrogens with zero attached hydrogens (tertiary/aromatic N) is 1. The number of amides is 2. The average molecular weight is 447 g/mol. The zero-order valence-corrected chi connectivity index (χ0v) is 17.2. The summed E-state index contributed by atoms with van der Waals surface area (Å²) in [7, 11) is -3.90. The molecule has 2 aromatic heterocycles. The molecule has 0 atom stereocenters. The quantitative estimate of drug-likeness (QED) is 0.419. The summed E-state index contributed by atoms with van der Waals surface area (Å²) in [6, 6.07) is 13.2. The van der Waals surface area contributed by atoms with Crippen molar-refractivity contribution in [3.63, 3.8) is 0 Å². The van der Waals surface area contributed by atoms with Crippen molar-refractivity contribution in [2.24, 2.45) is 0 Å². The SMILES string of the molecule is O=C(O)CNS(=O)(=O)c1ccc(-c2cccc(NC(=O)NCc3cccnc3)c2)s1. The molecule has 0 aliphatic rings. The molecule has 0 radical (unpaired) electrons. The fourth-order valence-corrected chi connectivity index (χ4v) is 4.78. The Morgan fingerprint density at radius 3 is 2.67 bits per heavy atom. The van der Waals surface area contributed by atoms with E-state index in [4.69, 9.17) is 5.11 Å². The molecule has 30 heavy (non-hydrogen) atoms. The van der Waals surface area contributed by atoms with E-state index in [2.05, 4.69) is 15.6 Å². The Kier molecular flexibility index (Phi) is 6.77. The average Bonchev–Trinajstić information content (AvgIpc) is 3.23. The number of nitrogens with one attached hydrogen (secondary N) is 3. The smallest absolute Gasteiger partial charge is 0.319 e. The molecular weight excluding hydrogens is 428 g/mol. The number of thiophene rings is 1. The number of carboxylic acids is 1. The van der Waals surface area contributed by atoms with E-state index >= 15 is 0 Å². The van der Waals surface area contributed by atoms with Crippen LogP contribution < -0.4 is 15.4 Å². The third-order valence-electron chi connectivity index (χ3n) is 3.84. The van der Waals surface area contributed by atoms with Crippen LogP contribution in [0.25, 0.3) is 10.4 Å². The molecule has 4 N–H and O–H groups in total. The largest absolute Gasteiger partial charge is 0.480 e. The second-order valence-corrected chi connectivity index (χ2v) is 9.16. The monoisotopic (exact) mass is 446 g/mol. The van der Waals surface area contributed by atoms with E-state index in [1.54, 1.807) is 48.8 Å². The lowest BCUT2D eigenvalue weighted by Crippen LogP contribution is -2.28. The molecule has 156 valence electrons. The van der Waals surface area contributed by atoms with Crippen molar-refractivity contribution in [2.75, 3.05) is 11.9 Å². The van der Waals surface area contributed by atoms with Crippen LogP contribution in [0.2, 0.25) is 0 Å². The van der Waals surface area contributed by atoms with Gasteiger partial charge in [0.15, 0.2) is 0 Å². The molecule has 0 aliphatic heterocycles. The van der Waals surface area contributed by atoms with E-state index in [-0.39, 0.29) is 10.2 Å². The number of hydrogen-bond donors (Lipinski definition) is 4. The molecule has 0 fully saturated rings. The summed E-state index contributed by atoms with van der Waals surface area (Å²) in [6.45, 7) is -0.363. The van der Waals surface area contributed by atoms with Gasteiger partial charge in [-0.05, 0) is 41.5 Å². The van der Waals surface area contributed by atoms with Gasteiger partial charge in [0.1, 0.15) is 10.8 Å². The zero-order chi connectivity index (χ0) is 21.6. The Morgan fingerprint density at radius 2 is 1.93 bits per heavy atom. The number of rotatable bonds is 8. The van der Waals surface area contributed by atoms with Crippen molar-refractivity contribution in [1.29, 1.82) is 0 Å². The minimum Gasteiger partial charge on any atom is -0.480 e. The number of hydrogen-bond acceptors (Lipinski definition) is 6. The van der Waals surface area contributed by atoms with Gasteiger partial charge in [-0.25, -0.2) is 13.2 Å². The van der Waals surface area contributed by atoms with Gasteiger partial charge in [0.05, 0.1) is 0 Å². The molecule has 0 aliphatic carbocycles. The van der Waals surface area contributed by atoms with Gasteiger partial charge < -0.3 is 15.7 Å². The van der Waals surface area contributed by atoms with Crippen molar-refractivity contribution < 1.29 is 23.1 Å². The maximum Gasteiger partial charge on any atom is 0.319 e. The minimum atomic E-state index is -3.90. The second kappa shape index (κ2) is 9.48. The lowest BCUT2D eigenvalue weighted by atomic mass is 10.1. The summed E-state index contributed by atoms with van der Waals surface area (Å²) in [5, 5.41) is 14.1. The first-order valence-electron chi connectivity index (χ1n) is 8.69. The molecule has 0 unspecified atom stereocenters. The normalized spacial score (nSPS) is 11.1. The van der Waals surface area contributed by atoms with Crippen molar-refractivity contribution in [3.05, 3.63) is 66.5 Å². The van der Waals surface area contributed by atoms with Gasteiger partial charge in [-0.15, -0.1) is 11.3 Å². The summed E-state index contributed by atoms with van der Waals surface area (Å²) in [4.78, 5) is 27.4. The second-order valence-electron chi connectivity index (χ2n) is 6.09. The predicted molar refractivity (Wildman–Crippen MR) is 113 cm³/mol. The topological polar surface area (TPSA) is 137 Å². The van der Waals surface area contributed by atoms with E-state index < -0.39 is 22.5 Å². The number of carbonyl (C=O) groups excluding carboxylic acids is 1. The Balaban J connectivity index is 1.66. The van der Waals surface area contributed by atoms with E-state index in [0.717, 1.165) is 16.9 Å². The summed E-state index contributed by atoms with van der Waals surface area (Å²) >= 11 is 1.00. The first-order valence-corrected chi connectivity index (χ1v) is 11.0. The highest BCUT2D eigenvalue weighted by Gasteiger charge is 2.18. The van der Waals surface area contributed by atoms with Gasteiger partial charge in [-0.2, -0.15) is 4.72 Å². The van der Waals surface area contributed by atoms with E-state index in [9.17, 15) is 18.0 Å². The van der Waals surface area contributed by atoms with Crippen LogP contribution in [0.4, 0.5) is 10.5 Å². The van der Waals surface area contributed by atoms with Gasteiger partial charge in [-0.1, -0.05) is 18.2 Å². The molecule has 0 saturated carbocycles. The highest BCUT2D eigenvalue weighted by Crippen LogP contribution is 2.32. The molecular formula is C19H18N4O5S2. The van der Waals surface area contributed by atoms with Crippen LogP contribution in [0.3, 0.4) is 0 Å². The molecule has 9 nitrogen and oxygen atoms in total. The standard InChI is InChI=1S/C19H18N4O5S2/c24-17(25)12-22-30(27,28)18-7-6-16(29-18)14-4-1-5-15(9-14)23-19(26)21-11-13-3-2-8-20-10-13/h1-10,22H,11-12H2,(H,24,25)(H2,21,23,26). The first kappa shape index (κ1) is 21.4. The predicted octanol–water partition coefficient (Wildman–Crippen LogP) is 2.49. The molecule has 0 saturated heterocycles. The van der Waals surface area contributed by atoms with Crippen molar-refractivity contribution in [3.8, 4) is 10.4 Å². The Bertz CT molecular complexity index is 1150. The maximum absolute atomic E-state index is 12.1. The fourth-order valence-electron chi connectivity index (χ4n) is 2.46. The summed E-state index contributed by atoms with van der Waals surface area (Å²) in [6.07, 6.45) is 3.31. The van der Waals surface area contributed by atoms with E-state index in [1.807, 2.05) is 10.8 Å². The number of carboxylic acid groups (broad SMARTS) is 1. The molecule has 11 heteroatoms. The van der Waals surface area contributed by atoms with Crippen LogP contribution in [0.15, 0.2) is 65.1 Å². The van der Waals surface area contributed by atoms with Gasteiger partial charge in [0.2, 0.25) is 0 Å². The van der Waals surface area contributed by atoms with E-state index in [1.165, 1.54) is 6.07 Å². The summed E-state index contributed by atoms with van der Waals surface area (Å²) in [5.74, 6) is -1.27. The van der Waals surface area contributed by atoms with Crippen LogP contribution in [-0.4, -0.2) is 37.1 Å². The number of aliphatic carboxylic acids is 1. The van der Waals surface area contributed by atoms with Gasteiger partial charge in [0, 0.05) is 29.5 Å². The molecule has 0 bridgehead atoms. The molecule has 1 aromatic carbocycles. The summed E-state index contributed by atoms with van der Waals surface area (Å²) in [5.41, 5.74) is 2.12. The van der Waals surface area contributed by atoms with Gasteiger partial charge >= 0.3 is 12.0 Å². The third-order valence-corrected chi connectivity index (χ3v) is 6.87. The Labute approximate surface area is 176 Å². The Hall–Kier alpha value is -3.28. The number of carbonyl (C=O) groups is 2. The molecule has 2 amide bonds. The lowest BCUT2D eigenvalue weighted by Gasteiger charge is -2.08. The van der Waals surface area contributed by atoms with Crippen LogP contribution in [0.1, 0.15) is 5.56 Å². The number of urea groups is 1. The highest BCUT2D eigenvalue weighted by atomic mass is 32.2. The molecule has 3 rings (SSSR count). The number of sulfonamides is 1. The number of benzene rings is 1. The molecule has 2 heterocycles. The van der Waals surface area contributed by atoms with Gasteiger partial charge in [-0.3, -0.25) is 9.78 Å². The number of anilines is 1. The van der Waals surface area contributed by atoms with Crippen LogP contribution in [-0.2, 0) is 21.4 Å². The van der Waals surface area contributed by atoms with Crippen LogP contribution in [0, 0.1) is 0 Å². The fraction of sp³-hybridized carbons (Fsp3) is 0.105. The van der Waals surface area contributed by atoms with Crippen molar-refractivity contribution >= 4 is 39.0 Å². The first-order chi connectivity index (χ1) is 14.3. The maximum atomic E-state index is 12.1. The van der Waals surface area contributed by atoms with E-state index in [0.29, 0.717) is 22.7 Å². The van der Waals surface area contributed by atoms with Crippen LogP contribution >= 0.6 is 11.3 Å². The number of pyridine rings is 1. The lowest BCUT2D eigenvalue weighted by molar-refractivity contribution is -0.135. The Morgan fingerprint density at radius 1 is 1.10 bits per heavy atom. The molecule has 0 spiro atoms. The molecule has 3 aromatic rings. The third kappa shape index (κ3) is 5.86. The van der Waals surface area contributed by atoms with Crippen molar-refractivity contribution in [1.82, 2.24) is 15.0 Å². The van der Waals surface area contributed by atoms with Gasteiger partial charge in [0.25, 0.3) is 10.0 Å². The van der Waals surface area contributed by atoms with Crippen LogP contribution in [0.5, 0.6) is 0 Å².